The predicted octanol–water partition coefficient (Wildman–Crippen LogP) is 4.97. The van der Waals surface area contributed by atoms with Crippen LogP contribution in [0.2, 0.25) is 0 Å². The monoisotopic (exact) mass is 288 g/mol. The van der Waals surface area contributed by atoms with Crippen molar-refractivity contribution < 1.29 is 0 Å². The summed E-state index contributed by atoms with van der Waals surface area (Å²) in [5.41, 5.74) is 1.21. The zero-order chi connectivity index (χ0) is 10.1. The second kappa shape index (κ2) is 4.21. The highest BCUT2D eigenvalue weighted by molar-refractivity contribution is 9.10. The first-order valence-corrected chi connectivity index (χ1v) is 6.65. The average molecular weight is 290 g/mol. The van der Waals surface area contributed by atoms with Gasteiger partial charge in [0.2, 0.25) is 0 Å². The molecule has 0 aliphatic rings. The Kier molecular flexibility index (Phi) is 3.15. The Morgan fingerprint density at radius 3 is 2.79 bits per heavy atom. The summed E-state index contributed by atoms with van der Waals surface area (Å²) in [6, 6.07) is 6.51. The molecule has 0 N–H and O–H groups in total. The van der Waals surface area contributed by atoms with Crippen molar-refractivity contribution in [2.45, 2.75) is 19.2 Å². The number of benzene rings is 1. The SMILES string of the molecule is CCc1cc2c(CCl)cc(Br)cc2s1. The number of alkyl halides is 1. The van der Waals surface area contributed by atoms with Crippen molar-refractivity contribution in [1.82, 2.24) is 0 Å². The van der Waals surface area contributed by atoms with Gasteiger partial charge in [-0.15, -0.1) is 22.9 Å². The number of fused-ring (bicyclic) bond motifs is 1. The fourth-order valence-electron chi connectivity index (χ4n) is 1.51. The lowest BCUT2D eigenvalue weighted by molar-refractivity contribution is 1.19. The van der Waals surface area contributed by atoms with E-state index in [1.165, 1.54) is 20.5 Å². The van der Waals surface area contributed by atoms with Gasteiger partial charge in [0.05, 0.1) is 0 Å². The first kappa shape index (κ1) is 10.5. The Morgan fingerprint density at radius 2 is 2.14 bits per heavy atom. The molecule has 1 aromatic carbocycles. The largest absolute Gasteiger partial charge is 0.140 e. The molecular formula is C11H10BrClS. The molecule has 0 saturated carbocycles. The number of hydrogen-bond donors (Lipinski definition) is 0. The van der Waals surface area contributed by atoms with E-state index in [9.17, 15) is 0 Å². The van der Waals surface area contributed by atoms with Gasteiger partial charge in [-0.1, -0.05) is 22.9 Å². The van der Waals surface area contributed by atoms with Crippen LogP contribution >= 0.6 is 38.9 Å². The molecule has 0 aliphatic heterocycles. The Balaban J connectivity index is 2.71. The van der Waals surface area contributed by atoms with Crippen LogP contribution in [0.5, 0.6) is 0 Å². The van der Waals surface area contributed by atoms with Gasteiger partial charge in [0.25, 0.3) is 0 Å². The minimum absolute atomic E-state index is 0.579. The van der Waals surface area contributed by atoms with E-state index in [-0.39, 0.29) is 0 Å². The predicted molar refractivity (Wildman–Crippen MR) is 68.5 cm³/mol. The molecule has 0 aliphatic carbocycles. The molecule has 1 aromatic heterocycles. The third-order valence-electron chi connectivity index (χ3n) is 2.23. The number of aryl methyl sites for hydroxylation is 1. The van der Waals surface area contributed by atoms with Crippen LogP contribution in [0.3, 0.4) is 0 Å². The summed E-state index contributed by atoms with van der Waals surface area (Å²) in [5.74, 6) is 0.579. The van der Waals surface area contributed by atoms with Gasteiger partial charge in [-0.05, 0) is 35.6 Å². The van der Waals surface area contributed by atoms with Crippen molar-refractivity contribution in [2.24, 2.45) is 0 Å². The molecule has 2 rings (SSSR count). The van der Waals surface area contributed by atoms with Gasteiger partial charge >= 0.3 is 0 Å². The summed E-state index contributed by atoms with van der Waals surface area (Å²) in [5, 5.41) is 1.31. The summed E-state index contributed by atoms with van der Waals surface area (Å²) in [6.07, 6.45) is 1.10. The molecule has 1 heterocycles. The summed E-state index contributed by atoms with van der Waals surface area (Å²) in [7, 11) is 0. The number of hydrogen-bond acceptors (Lipinski definition) is 1. The Hall–Kier alpha value is -0.0500. The minimum atomic E-state index is 0.579. The van der Waals surface area contributed by atoms with Crippen molar-refractivity contribution in [3.8, 4) is 0 Å². The molecule has 0 atom stereocenters. The summed E-state index contributed by atoms with van der Waals surface area (Å²) >= 11 is 11.3. The molecule has 0 saturated heterocycles. The fourth-order valence-corrected chi connectivity index (χ4v) is 3.48. The topological polar surface area (TPSA) is 0 Å². The standard InChI is InChI=1S/C11H10BrClS/c1-2-9-5-10-7(6-13)3-8(12)4-11(10)14-9/h3-5H,2,6H2,1H3. The van der Waals surface area contributed by atoms with E-state index in [2.05, 4.69) is 41.1 Å². The Bertz CT molecular complexity index is 462. The molecule has 0 radical (unpaired) electrons. The van der Waals surface area contributed by atoms with E-state index in [0.717, 1.165) is 10.9 Å². The summed E-state index contributed by atoms with van der Waals surface area (Å²) < 4.78 is 2.44. The van der Waals surface area contributed by atoms with Crippen LogP contribution in [-0.2, 0) is 12.3 Å². The second-order valence-electron chi connectivity index (χ2n) is 3.18. The molecule has 3 heteroatoms. The second-order valence-corrected chi connectivity index (χ2v) is 5.53. The van der Waals surface area contributed by atoms with Gasteiger partial charge in [0.1, 0.15) is 0 Å². The first-order chi connectivity index (χ1) is 6.74. The van der Waals surface area contributed by atoms with Crippen molar-refractivity contribution in [2.75, 3.05) is 0 Å². The van der Waals surface area contributed by atoms with Gasteiger partial charge in [-0.25, -0.2) is 0 Å². The fraction of sp³-hybridized carbons (Fsp3) is 0.273. The third kappa shape index (κ3) is 1.83. The molecular weight excluding hydrogens is 280 g/mol. The molecule has 0 nitrogen and oxygen atoms in total. The Labute approximate surface area is 101 Å². The van der Waals surface area contributed by atoms with Gasteiger partial charge in [-0.2, -0.15) is 0 Å². The maximum Gasteiger partial charge on any atom is 0.0480 e. The average Bonchev–Trinajstić information content (AvgIpc) is 2.59. The molecule has 2 aromatic rings. The molecule has 0 bridgehead atoms. The van der Waals surface area contributed by atoms with E-state index in [4.69, 9.17) is 11.6 Å². The van der Waals surface area contributed by atoms with Gasteiger partial charge in [0.15, 0.2) is 0 Å². The summed E-state index contributed by atoms with van der Waals surface area (Å²) in [4.78, 5) is 1.42. The van der Waals surface area contributed by atoms with Crippen LogP contribution in [0.1, 0.15) is 17.4 Å². The van der Waals surface area contributed by atoms with Crippen molar-refractivity contribution in [3.05, 3.63) is 33.1 Å². The van der Waals surface area contributed by atoms with Crippen molar-refractivity contribution >= 4 is 49.0 Å². The molecule has 0 spiro atoms. The molecule has 14 heavy (non-hydrogen) atoms. The maximum atomic E-state index is 5.91. The van der Waals surface area contributed by atoms with Crippen molar-refractivity contribution in [1.29, 1.82) is 0 Å². The van der Waals surface area contributed by atoms with Crippen molar-refractivity contribution in [3.63, 3.8) is 0 Å². The number of rotatable bonds is 2. The zero-order valence-corrected chi connectivity index (χ0v) is 11.0. The molecule has 74 valence electrons. The minimum Gasteiger partial charge on any atom is -0.140 e. The zero-order valence-electron chi connectivity index (χ0n) is 7.81. The highest BCUT2D eigenvalue weighted by atomic mass is 79.9. The number of thiophene rings is 1. The van der Waals surface area contributed by atoms with Crippen LogP contribution < -0.4 is 0 Å². The lowest BCUT2D eigenvalue weighted by atomic mass is 10.1. The number of halogens is 2. The molecule has 0 fully saturated rings. The van der Waals surface area contributed by atoms with Crippen LogP contribution in [0.15, 0.2) is 22.7 Å². The van der Waals surface area contributed by atoms with Crippen LogP contribution in [0.25, 0.3) is 10.1 Å². The highest BCUT2D eigenvalue weighted by Crippen LogP contribution is 2.32. The smallest absolute Gasteiger partial charge is 0.0480 e. The van der Waals surface area contributed by atoms with E-state index in [1.54, 1.807) is 0 Å². The maximum absolute atomic E-state index is 5.91. The quantitative estimate of drug-likeness (QED) is 0.685. The van der Waals surface area contributed by atoms with E-state index in [0.29, 0.717) is 5.88 Å². The summed E-state index contributed by atoms with van der Waals surface area (Å²) in [6.45, 7) is 2.18. The van der Waals surface area contributed by atoms with Crippen LogP contribution in [0.4, 0.5) is 0 Å². The van der Waals surface area contributed by atoms with Gasteiger partial charge in [0, 0.05) is 19.9 Å². The van der Waals surface area contributed by atoms with E-state index in [1.807, 2.05) is 11.3 Å². The highest BCUT2D eigenvalue weighted by Gasteiger charge is 2.06. The van der Waals surface area contributed by atoms with E-state index >= 15 is 0 Å². The van der Waals surface area contributed by atoms with Gasteiger partial charge < -0.3 is 0 Å². The molecule has 0 unspecified atom stereocenters. The first-order valence-electron chi connectivity index (χ1n) is 4.51. The molecule has 0 amide bonds. The Morgan fingerprint density at radius 1 is 1.36 bits per heavy atom. The normalized spacial score (nSPS) is 11.1. The lowest BCUT2D eigenvalue weighted by Gasteiger charge is -1.98. The van der Waals surface area contributed by atoms with Crippen LogP contribution in [-0.4, -0.2) is 0 Å². The van der Waals surface area contributed by atoms with E-state index < -0.39 is 0 Å². The third-order valence-corrected chi connectivity index (χ3v) is 4.20. The lowest BCUT2D eigenvalue weighted by Crippen LogP contribution is -1.78. The van der Waals surface area contributed by atoms with Crippen LogP contribution in [0, 0.1) is 0 Å². The van der Waals surface area contributed by atoms with Gasteiger partial charge in [-0.3, -0.25) is 0 Å².